The lowest BCUT2D eigenvalue weighted by Gasteiger charge is -2.43. The molecule has 3 rings (SSSR count). The second-order valence-corrected chi connectivity index (χ2v) is 18.3. The van der Waals surface area contributed by atoms with E-state index in [0.29, 0.717) is 0 Å². The smallest absolute Gasteiger partial charge is 0.411 e. The highest BCUT2D eigenvalue weighted by Crippen LogP contribution is 2.27. The molecule has 3 aromatic carbocycles. The number of carbonyl (C=O) groups is 4. The maximum Gasteiger partial charge on any atom is 0.411 e. The zero-order valence-corrected chi connectivity index (χ0v) is 37.2. The number of amides is 4. The SMILES string of the molecule is CC(C)[C@@H](C(N)=O)N(C(=O)OC(C)(C)C)C(Cc1ccccc1)C(O)CN(Cc1ccccc1)C[C@H](O)C(Cc1ccccc1)N(C(=O)OC(C)(C)C)[C@H](C(N)=O)C(C)C. The van der Waals surface area contributed by atoms with Gasteiger partial charge in [-0.3, -0.25) is 24.3 Å². The highest BCUT2D eigenvalue weighted by Gasteiger charge is 2.44. The molecule has 0 saturated heterocycles. The van der Waals surface area contributed by atoms with Gasteiger partial charge >= 0.3 is 12.2 Å². The van der Waals surface area contributed by atoms with E-state index in [9.17, 15) is 29.4 Å². The molecule has 0 saturated carbocycles. The molecule has 0 radical (unpaired) electrons. The molecule has 0 aliphatic rings. The number of nitrogens with zero attached hydrogens (tertiary/aromatic N) is 3. The summed E-state index contributed by atoms with van der Waals surface area (Å²) in [5.74, 6) is -2.39. The van der Waals surface area contributed by atoms with Crippen molar-refractivity contribution in [1.29, 1.82) is 0 Å². The van der Waals surface area contributed by atoms with Crippen LogP contribution in [-0.4, -0.2) is 110 Å². The molecule has 0 bridgehead atoms. The van der Waals surface area contributed by atoms with Crippen molar-refractivity contribution in [2.24, 2.45) is 23.3 Å². The first-order valence-corrected chi connectivity index (χ1v) is 20.8. The van der Waals surface area contributed by atoms with Gasteiger partial charge < -0.3 is 31.2 Å². The molecule has 6 atom stereocenters. The van der Waals surface area contributed by atoms with Crippen molar-refractivity contribution in [3.8, 4) is 0 Å². The molecule has 13 heteroatoms. The predicted molar refractivity (Wildman–Crippen MR) is 233 cm³/mol. The average Bonchev–Trinajstić information content (AvgIpc) is 3.13. The fourth-order valence-corrected chi connectivity index (χ4v) is 7.48. The molecule has 0 spiro atoms. The molecule has 0 aliphatic carbocycles. The van der Waals surface area contributed by atoms with Gasteiger partial charge in [-0.15, -0.1) is 0 Å². The van der Waals surface area contributed by atoms with Crippen LogP contribution in [0.1, 0.15) is 85.9 Å². The number of benzene rings is 3. The molecule has 0 fully saturated rings. The Kier molecular flexibility index (Phi) is 18.1. The van der Waals surface area contributed by atoms with Crippen LogP contribution in [-0.2, 0) is 38.4 Å². The molecule has 0 aliphatic heterocycles. The monoisotopic (exact) mass is 832 g/mol. The van der Waals surface area contributed by atoms with E-state index in [2.05, 4.69) is 0 Å². The molecule has 330 valence electrons. The van der Waals surface area contributed by atoms with E-state index in [4.69, 9.17) is 20.9 Å². The molecule has 3 aromatic rings. The van der Waals surface area contributed by atoms with Crippen LogP contribution in [0.5, 0.6) is 0 Å². The molecular formula is C47H69N5O8. The molecule has 0 heterocycles. The van der Waals surface area contributed by atoms with Gasteiger partial charge in [0.1, 0.15) is 23.3 Å². The Balaban J connectivity index is 2.22. The van der Waals surface area contributed by atoms with Gasteiger partial charge in [-0.1, -0.05) is 119 Å². The molecule has 0 aromatic heterocycles. The van der Waals surface area contributed by atoms with E-state index in [1.165, 1.54) is 9.80 Å². The van der Waals surface area contributed by atoms with Gasteiger partial charge in [0, 0.05) is 19.6 Å². The first-order chi connectivity index (χ1) is 28.0. The third-order valence-corrected chi connectivity index (χ3v) is 9.97. The summed E-state index contributed by atoms with van der Waals surface area (Å²) in [6.07, 6.45) is -4.02. The quantitative estimate of drug-likeness (QED) is 0.107. The Bertz CT molecular complexity index is 1690. The van der Waals surface area contributed by atoms with Crippen LogP contribution in [0.2, 0.25) is 0 Å². The third-order valence-electron chi connectivity index (χ3n) is 9.97. The van der Waals surface area contributed by atoms with E-state index < -0.39 is 83.4 Å². The number of aliphatic hydroxyl groups is 2. The molecule has 4 amide bonds. The zero-order valence-electron chi connectivity index (χ0n) is 37.2. The van der Waals surface area contributed by atoms with E-state index >= 15 is 0 Å². The Hall–Kier alpha value is -4.98. The van der Waals surface area contributed by atoms with Crippen LogP contribution in [0.3, 0.4) is 0 Å². The summed E-state index contributed by atoms with van der Waals surface area (Å²) in [5.41, 5.74) is 12.6. The summed E-state index contributed by atoms with van der Waals surface area (Å²) in [5, 5.41) is 25.0. The van der Waals surface area contributed by atoms with Crippen molar-refractivity contribution in [1.82, 2.24) is 14.7 Å². The van der Waals surface area contributed by atoms with Crippen LogP contribution in [0, 0.1) is 11.8 Å². The van der Waals surface area contributed by atoms with Crippen LogP contribution in [0.4, 0.5) is 9.59 Å². The second-order valence-electron chi connectivity index (χ2n) is 18.3. The summed E-state index contributed by atoms with van der Waals surface area (Å²) in [4.78, 5) is 59.2. The van der Waals surface area contributed by atoms with Crippen molar-refractivity contribution in [3.05, 3.63) is 108 Å². The Morgan fingerprint density at radius 3 is 1.12 bits per heavy atom. The van der Waals surface area contributed by atoms with Gasteiger partial charge in [-0.05, 0) is 82.9 Å². The van der Waals surface area contributed by atoms with Gasteiger partial charge in [0.25, 0.3) is 0 Å². The number of hydrogen-bond donors (Lipinski definition) is 4. The van der Waals surface area contributed by atoms with Crippen molar-refractivity contribution in [3.63, 3.8) is 0 Å². The maximum absolute atomic E-state index is 14.2. The Morgan fingerprint density at radius 2 is 0.850 bits per heavy atom. The number of carbonyl (C=O) groups excluding carboxylic acids is 4. The summed E-state index contributed by atoms with van der Waals surface area (Å²) >= 11 is 0. The summed E-state index contributed by atoms with van der Waals surface area (Å²) in [6.45, 7) is 17.4. The van der Waals surface area contributed by atoms with Gasteiger partial charge in [0.15, 0.2) is 0 Å². The minimum atomic E-state index is -1.34. The number of aliphatic hydroxyl groups excluding tert-OH is 2. The highest BCUT2D eigenvalue weighted by atomic mass is 16.6. The van der Waals surface area contributed by atoms with Crippen molar-refractivity contribution in [2.45, 2.75) is 136 Å². The fourth-order valence-electron chi connectivity index (χ4n) is 7.48. The van der Waals surface area contributed by atoms with E-state index in [-0.39, 0.29) is 32.5 Å². The van der Waals surface area contributed by atoms with Crippen LogP contribution < -0.4 is 11.5 Å². The predicted octanol–water partition coefficient (Wildman–Crippen LogP) is 5.93. The van der Waals surface area contributed by atoms with Crippen LogP contribution >= 0.6 is 0 Å². The van der Waals surface area contributed by atoms with Gasteiger partial charge in [0.2, 0.25) is 11.8 Å². The molecule has 60 heavy (non-hydrogen) atoms. The normalized spacial score (nSPS) is 15.1. The first kappa shape index (κ1) is 49.4. The number of nitrogens with two attached hydrogens (primary N) is 2. The van der Waals surface area contributed by atoms with Gasteiger partial charge in [-0.2, -0.15) is 0 Å². The number of primary amides is 2. The summed E-state index contributed by atoms with van der Waals surface area (Å²) in [7, 11) is 0. The van der Waals surface area contributed by atoms with E-state index in [0.717, 1.165) is 16.7 Å². The number of ether oxygens (including phenoxy) is 2. The van der Waals surface area contributed by atoms with Crippen LogP contribution in [0.25, 0.3) is 0 Å². The Morgan fingerprint density at radius 1 is 0.550 bits per heavy atom. The lowest BCUT2D eigenvalue weighted by Crippen LogP contribution is -2.62. The second kappa shape index (κ2) is 22.0. The van der Waals surface area contributed by atoms with E-state index in [1.807, 2.05) is 95.9 Å². The summed E-state index contributed by atoms with van der Waals surface area (Å²) < 4.78 is 11.7. The molecule has 6 N–H and O–H groups in total. The van der Waals surface area contributed by atoms with Crippen molar-refractivity contribution >= 4 is 24.0 Å². The van der Waals surface area contributed by atoms with Crippen molar-refractivity contribution in [2.75, 3.05) is 13.1 Å². The topological polar surface area (TPSA) is 189 Å². The third kappa shape index (κ3) is 15.2. The minimum Gasteiger partial charge on any atom is -0.444 e. The lowest BCUT2D eigenvalue weighted by molar-refractivity contribution is -0.127. The molecule has 3 unspecified atom stereocenters. The summed E-state index contributed by atoms with van der Waals surface area (Å²) in [6, 6.07) is 23.7. The van der Waals surface area contributed by atoms with Crippen molar-refractivity contribution < 1.29 is 38.9 Å². The lowest BCUT2D eigenvalue weighted by atomic mass is 9.93. The Labute approximate surface area is 357 Å². The van der Waals surface area contributed by atoms with Gasteiger partial charge in [-0.25, -0.2) is 9.59 Å². The number of rotatable bonds is 20. The molecule has 13 nitrogen and oxygen atoms in total. The van der Waals surface area contributed by atoms with Crippen LogP contribution in [0.15, 0.2) is 91.0 Å². The largest absolute Gasteiger partial charge is 0.444 e. The zero-order chi connectivity index (χ0) is 44.9. The maximum atomic E-state index is 14.2. The first-order valence-electron chi connectivity index (χ1n) is 20.8. The average molecular weight is 832 g/mol. The van der Waals surface area contributed by atoms with E-state index in [1.54, 1.807) is 69.2 Å². The highest BCUT2D eigenvalue weighted by molar-refractivity contribution is 5.85. The molecular weight excluding hydrogens is 763 g/mol. The number of hydrogen-bond acceptors (Lipinski definition) is 9. The standard InChI is InChI=1S/C47H69N5O8/c1-31(2)40(42(48)55)51(44(57)59-46(5,6)7)36(26-33-20-14-11-15-21-33)38(53)29-50(28-35-24-18-13-19-25-35)30-39(54)37(27-34-22-16-12-17-23-34)52(41(32(3)4)43(49)56)45(58)60-47(8,9)10/h11-25,31-32,36-41,53-54H,26-30H2,1-10H3,(H2,48,55)(H2,49,56)/t36?,37?,38-,39?,40-,41-/m0/s1. The van der Waals surface area contributed by atoms with Gasteiger partial charge in [0.05, 0.1) is 24.3 Å². The fraction of sp³-hybridized carbons (Fsp3) is 0.532. The minimum absolute atomic E-state index is 0.111.